The van der Waals surface area contributed by atoms with E-state index in [2.05, 4.69) is 102 Å². The molecule has 170 valence electrons. The number of nitrogens with zero attached hydrogens (tertiary/aromatic N) is 4. The minimum Gasteiger partial charge on any atom is -0.357 e. The van der Waals surface area contributed by atoms with E-state index >= 15 is 0 Å². The minimum absolute atomic E-state index is 0.782. The Kier molecular flexibility index (Phi) is 6.78. The monoisotopic (exact) mass is 439 g/mol. The maximum absolute atomic E-state index is 4.61. The van der Waals surface area contributed by atoms with Gasteiger partial charge in [0, 0.05) is 60.6 Å². The van der Waals surface area contributed by atoms with E-state index in [1.54, 1.807) is 0 Å². The highest BCUT2D eigenvalue weighted by Gasteiger charge is 2.14. The van der Waals surface area contributed by atoms with Crippen molar-refractivity contribution in [1.82, 2.24) is 14.9 Å². The first-order chi connectivity index (χ1) is 16.0. The first-order valence-corrected chi connectivity index (χ1v) is 11.6. The van der Waals surface area contributed by atoms with Crippen LogP contribution in [0.5, 0.6) is 0 Å². The van der Waals surface area contributed by atoms with Crippen LogP contribution in [0.3, 0.4) is 0 Å². The fourth-order valence-corrected chi connectivity index (χ4v) is 4.26. The van der Waals surface area contributed by atoms with E-state index in [4.69, 9.17) is 0 Å². The van der Waals surface area contributed by atoms with Gasteiger partial charge in [0.2, 0.25) is 0 Å². The van der Waals surface area contributed by atoms with Gasteiger partial charge in [0.15, 0.2) is 0 Å². The van der Waals surface area contributed by atoms with Crippen LogP contribution in [0.25, 0.3) is 22.2 Å². The standard InChI is InChI=1S/C28H33N5/c1-6-20(3)32(5)26(7-2)23-10-11-24-19-30-27(17-25(24)16-23)31-21(4)22-12-13-29-28(18-22)33-14-8-9-15-33/h6-7,10-13,16-19H,4,8-9,14-15H2,1-3,5H3,(H,30,31)/b20-6+,26-7-. The lowest BCUT2D eigenvalue weighted by atomic mass is 10.0. The quantitative estimate of drug-likeness (QED) is 0.453. The van der Waals surface area contributed by atoms with Crippen LogP contribution in [0.15, 0.2) is 73.2 Å². The second kappa shape index (κ2) is 9.90. The molecule has 3 aromatic rings. The molecule has 5 nitrogen and oxygen atoms in total. The Morgan fingerprint density at radius 1 is 1.00 bits per heavy atom. The average Bonchev–Trinajstić information content (AvgIpc) is 3.39. The third-order valence-corrected chi connectivity index (χ3v) is 6.40. The van der Waals surface area contributed by atoms with Crippen molar-refractivity contribution >= 4 is 33.8 Å². The molecular weight excluding hydrogens is 406 g/mol. The van der Waals surface area contributed by atoms with Crippen molar-refractivity contribution in [3.05, 3.63) is 84.3 Å². The molecule has 1 saturated heterocycles. The Hall–Kier alpha value is -3.60. The summed E-state index contributed by atoms with van der Waals surface area (Å²) in [6.07, 6.45) is 10.5. The number of hydrogen-bond donors (Lipinski definition) is 1. The van der Waals surface area contributed by atoms with Crippen molar-refractivity contribution in [2.24, 2.45) is 0 Å². The summed E-state index contributed by atoms with van der Waals surface area (Å²) in [5, 5.41) is 5.64. The van der Waals surface area contributed by atoms with Crippen LogP contribution in [0.4, 0.5) is 11.6 Å². The van der Waals surface area contributed by atoms with Gasteiger partial charge in [-0.15, -0.1) is 0 Å². The number of pyridine rings is 2. The highest BCUT2D eigenvalue weighted by molar-refractivity contribution is 5.88. The zero-order valence-electron chi connectivity index (χ0n) is 20.1. The third kappa shape index (κ3) is 4.92. The van der Waals surface area contributed by atoms with Crippen molar-refractivity contribution in [2.75, 3.05) is 30.4 Å². The Labute approximate surface area is 197 Å². The molecule has 3 heterocycles. The second-order valence-electron chi connectivity index (χ2n) is 8.49. The molecule has 0 atom stereocenters. The van der Waals surface area contributed by atoms with Gasteiger partial charge in [0.1, 0.15) is 11.6 Å². The van der Waals surface area contributed by atoms with E-state index in [-0.39, 0.29) is 0 Å². The molecule has 0 spiro atoms. The Bertz CT molecular complexity index is 1220. The maximum atomic E-state index is 4.61. The van der Waals surface area contributed by atoms with Crippen LogP contribution in [0.1, 0.15) is 44.7 Å². The molecule has 0 unspecified atom stereocenters. The summed E-state index contributed by atoms with van der Waals surface area (Å²) in [5.74, 6) is 1.80. The van der Waals surface area contributed by atoms with Crippen LogP contribution in [0.2, 0.25) is 0 Å². The number of rotatable bonds is 7. The first kappa shape index (κ1) is 22.6. The van der Waals surface area contributed by atoms with E-state index in [1.807, 2.05) is 18.5 Å². The lowest BCUT2D eigenvalue weighted by Gasteiger charge is -2.24. The van der Waals surface area contributed by atoms with Crippen molar-refractivity contribution < 1.29 is 0 Å². The van der Waals surface area contributed by atoms with Crippen LogP contribution >= 0.6 is 0 Å². The largest absolute Gasteiger partial charge is 0.357 e. The van der Waals surface area contributed by atoms with E-state index in [1.165, 1.54) is 29.8 Å². The van der Waals surface area contributed by atoms with Gasteiger partial charge in [0.25, 0.3) is 0 Å². The van der Waals surface area contributed by atoms with Gasteiger partial charge in [-0.3, -0.25) is 0 Å². The number of hydrogen-bond acceptors (Lipinski definition) is 5. The van der Waals surface area contributed by atoms with E-state index in [9.17, 15) is 0 Å². The molecule has 4 rings (SSSR count). The molecule has 1 N–H and O–H groups in total. The fraction of sp³-hybridized carbons (Fsp3) is 0.286. The highest BCUT2D eigenvalue weighted by atomic mass is 15.2. The molecule has 2 aromatic heterocycles. The number of allylic oxidation sites excluding steroid dienone is 3. The smallest absolute Gasteiger partial charge is 0.130 e. The van der Waals surface area contributed by atoms with Gasteiger partial charge >= 0.3 is 0 Å². The first-order valence-electron chi connectivity index (χ1n) is 11.6. The Morgan fingerprint density at radius 2 is 1.79 bits per heavy atom. The number of fused-ring (bicyclic) bond motifs is 1. The van der Waals surface area contributed by atoms with Crippen LogP contribution in [-0.4, -0.2) is 35.0 Å². The summed E-state index contributed by atoms with van der Waals surface area (Å²) in [6, 6.07) is 12.7. The lowest BCUT2D eigenvalue weighted by molar-refractivity contribution is 0.595. The zero-order chi connectivity index (χ0) is 23.4. The summed E-state index contributed by atoms with van der Waals surface area (Å²) < 4.78 is 0. The molecule has 33 heavy (non-hydrogen) atoms. The van der Waals surface area contributed by atoms with E-state index in [0.717, 1.165) is 46.8 Å². The molecule has 5 heteroatoms. The SMILES string of the molecule is C=C(Nc1cc2cc(/C(=C/C)N(C)/C(C)=C/C)ccc2cn1)c1ccnc(N2CCCC2)c1. The van der Waals surface area contributed by atoms with Crippen molar-refractivity contribution in [2.45, 2.75) is 33.6 Å². The molecule has 0 aliphatic carbocycles. The van der Waals surface area contributed by atoms with Crippen LogP contribution < -0.4 is 10.2 Å². The fourth-order valence-electron chi connectivity index (χ4n) is 4.26. The molecule has 0 bridgehead atoms. The normalized spacial score (nSPS) is 14.6. The van der Waals surface area contributed by atoms with Gasteiger partial charge in [-0.25, -0.2) is 9.97 Å². The summed E-state index contributed by atoms with van der Waals surface area (Å²) in [4.78, 5) is 13.7. The van der Waals surface area contributed by atoms with Gasteiger partial charge in [-0.2, -0.15) is 0 Å². The number of aromatic nitrogens is 2. The minimum atomic E-state index is 0.782. The number of benzene rings is 1. The van der Waals surface area contributed by atoms with Crippen molar-refractivity contribution in [3.8, 4) is 0 Å². The third-order valence-electron chi connectivity index (χ3n) is 6.40. The van der Waals surface area contributed by atoms with Crippen molar-refractivity contribution in [1.29, 1.82) is 0 Å². The highest BCUT2D eigenvalue weighted by Crippen LogP contribution is 2.28. The topological polar surface area (TPSA) is 44.3 Å². The number of nitrogens with one attached hydrogen (secondary N) is 1. The summed E-state index contributed by atoms with van der Waals surface area (Å²) >= 11 is 0. The molecule has 0 radical (unpaired) electrons. The second-order valence-corrected chi connectivity index (χ2v) is 8.49. The van der Waals surface area contributed by atoms with Gasteiger partial charge in [-0.1, -0.05) is 30.9 Å². The van der Waals surface area contributed by atoms with Crippen LogP contribution in [0, 0.1) is 0 Å². The van der Waals surface area contributed by atoms with Crippen LogP contribution in [-0.2, 0) is 0 Å². The van der Waals surface area contributed by atoms with Crippen molar-refractivity contribution in [3.63, 3.8) is 0 Å². The zero-order valence-corrected chi connectivity index (χ0v) is 20.1. The molecule has 0 amide bonds. The lowest BCUT2D eigenvalue weighted by Crippen LogP contribution is -2.19. The van der Waals surface area contributed by atoms with E-state index < -0.39 is 0 Å². The Morgan fingerprint density at radius 3 is 2.52 bits per heavy atom. The number of anilines is 2. The summed E-state index contributed by atoms with van der Waals surface area (Å²) in [7, 11) is 2.10. The molecule has 1 aliphatic rings. The molecular formula is C28H33N5. The van der Waals surface area contributed by atoms with Gasteiger partial charge in [-0.05, 0) is 68.8 Å². The predicted molar refractivity (Wildman–Crippen MR) is 141 cm³/mol. The molecule has 1 aliphatic heterocycles. The summed E-state index contributed by atoms with van der Waals surface area (Å²) in [5.41, 5.74) is 5.41. The summed E-state index contributed by atoms with van der Waals surface area (Å²) in [6.45, 7) is 12.7. The van der Waals surface area contributed by atoms with Gasteiger partial charge < -0.3 is 15.1 Å². The van der Waals surface area contributed by atoms with E-state index in [0.29, 0.717) is 0 Å². The van der Waals surface area contributed by atoms with Gasteiger partial charge in [0.05, 0.1) is 0 Å². The molecule has 1 fully saturated rings. The predicted octanol–water partition coefficient (Wildman–Crippen LogP) is 6.53. The molecule has 0 saturated carbocycles. The molecule has 1 aromatic carbocycles. The maximum Gasteiger partial charge on any atom is 0.130 e. The Balaban J connectivity index is 1.57. The average molecular weight is 440 g/mol.